The lowest BCUT2D eigenvalue weighted by molar-refractivity contribution is -0.125. The number of carbonyl (C=O) groups is 2. The maximum absolute atomic E-state index is 13.2. The molecule has 0 saturated carbocycles. The highest BCUT2D eigenvalue weighted by atomic mass is 19.1. The number of amides is 3. The summed E-state index contributed by atoms with van der Waals surface area (Å²) in [5.41, 5.74) is 0.954. The zero-order valence-electron chi connectivity index (χ0n) is 16.4. The lowest BCUT2D eigenvalue weighted by Gasteiger charge is -2.16. The molecule has 8 nitrogen and oxygen atoms in total. The van der Waals surface area contributed by atoms with Crippen molar-refractivity contribution in [1.82, 2.24) is 10.6 Å². The Balaban J connectivity index is 1.43. The van der Waals surface area contributed by atoms with Gasteiger partial charge in [0.1, 0.15) is 29.9 Å². The first-order valence-electron chi connectivity index (χ1n) is 9.65. The van der Waals surface area contributed by atoms with Crippen LogP contribution in [0, 0.1) is 11.6 Å². The summed E-state index contributed by atoms with van der Waals surface area (Å²) < 4.78 is 31.6. The summed E-state index contributed by atoms with van der Waals surface area (Å²) in [6.07, 6.45) is -4.70. The first-order valence-corrected chi connectivity index (χ1v) is 9.65. The number of carbonyl (C=O) groups excluding carboxylic acids is 2. The molecule has 3 amide bonds. The van der Waals surface area contributed by atoms with Crippen LogP contribution in [0.1, 0.15) is 12.0 Å². The number of urea groups is 1. The SMILES string of the molecule is O=C(CC1OC(CNC(=O)Nc2cccc(F)c2)C(O)C1O)NCc1ccc(F)cc1. The molecule has 1 aliphatic heterocycles. The first-order chi connectivity index (χ1) is 14.8. The molecule has 1 fully saturated rings. The van der Waals surface area contributed by atoms with Crippen LogP contribution in [0.3, 0.4) is 0 Å². The molecule has 31 heavy (non-hydrogen) atoms. The Labute approximate surface area is 177 Å². The monoisotopic (exact) mass is 435 g/mol. The van der Waals surface area contributed by atoms with E-state index in [9.17, 15) is 28.6 Å². The minimum absolute atomic E-state index is 0.132. The number of nitrogens with one attached hydrogen (secondary N) is 3. The van der Waals surface area contributed by atoms with Crippen LogP contribution in [0.25, 0.3) is 0 Å². The van der Waals surface area contributed by atoms with Gasteiger partial charge in [-0.05, 0) is 35.9 Å². The van der Waals surface area contributed by atoms with Gasteiger partial charge < -0.3 is 30.9 Å². The number of rotatable bonds is 7. The fourth-order valence-corrected chi connectivity index (χ4v) is 3.16. The number of benzene rings is 2. The second-order valence-electron chi connectivity index (χ2n) is 7.15. The van der Waals surface area contributed by atoms with Crippen LogP contribution < -0.4 is 16.0 Å². The van der Waals surface area contributed by atoms with Crippen molar-refractivity contribution in [1.29, 1.82) is 0 Å². The van der Waals surface area contributed by atoms with Gasteiger partial charge in [0.25, 0.3) is 0 Å². The molecule has 0 radical (unpaired) electrons. The van der Waals surface area contributed by atoms with Gasteiger partial charge in [0.15, 0.2) is 0 Å². The topological polar surface area (TPSA) is 120 Å². The van der Waals surface area contributed by atoms with E-state index in [1.165, 1.54) is 42.5 Å². The van der Waals surface area contributed by atoms with Gasteiger partial charge in [-0.2, -0.15) is 0 Å². The summed E-state index contributed by atoms with van der Waals surface area (Å²) in [7, 11) is 0. The van der Waals surface area contributed by atoms with Crippen molar-refractivity contribution >= 4 is 17.6 Å². The lowest BCUT2D eigenvalue weighted by Crippen LogP contribution is -2.41. The molecule has 4 unspecified atom stereocenters. The molecule has 2 aromatic rings. The van der Waals surface area contributed by atoms with E-state index in [0.29, 0.717) is 5.56 Å². The van der Waals surface area contributed by atoms with Crippen molar-refractivity contribution < 1.29 is 33.3 Å². The lowest BCUT2D eigenvalue weighted by atomic mass is 10.1. The molecule has 4 atom stereocenters. The average Bonchev–Trinajstić information content (AvgIpc) is 2.99. The second kappa shape index (κ2) is 10.3. The predicted molar refractivity (Wildman–Crippen MR) is 107 cm³/mol. The number of aliphatic hydroxyl groups excluding tert-OH is 2. The highest BCUT2D eigenvalue weighted by molar-refractivity contribution is 5.89. The normalized spacial score (nSPS) is 22.7. The molecule has 0 aliphatic carbocycles. The second-order valence-corrected chi connectivity index (χ2v) is 7.15. The molecule has 1 saturated heterocycles. The molecule has 2 aromatic carbocycles. The van der Waals surface area contributed by atoms with Crippen LogP contribution >= 0.6 is 0 Å². The molecular weight excluding hydrogens is 412 g/mol. The van der Waals surface area contributed by atoms with Gasteiger partial charge in [-0.25, -0.2) is 13.6 Å². The van der Waals surface area contributed by atoms with Gasteiger partial charge in [0, 0.05) is 18.8 Å². The Kier molecular flexibility index (Phi) is 7.50. The van der Waals surface area contributed by atoms with Crippen molar-refractivity contribution in [3.05, 3.63) is 65.7 Å². The van der Waals surface area contributed by atoms with Crippen LogP contribution in [0.2, 0.25) is 0 Å². The van der Waals surface area contributed by atoms with E-state index in [1.807, 2.05) is 0 Å². The van der Waals surface area contributed by atoms with Gasteiger partial charge in [0.05, 0.1) is 12.5 Å². The minimum Gasteiger partial charge on any atom is -0.388 e. The van der Waals surface area contributed by atoms with E-state index in [1.54, 1.807) is 0 Å². The minimum atomic E-state index is -1.31. The van der Waals surface area contributed by atoms with Crippen molar-refractivity contribution in [3.8, 4) is 0 Å². The maximum atomic E-state index is 13.2. The molecule has 166 valence electrons. The van der Waals surface area contributed by atoms with E-state index < -0.39 is 42.2 Å². The van der Waals surface area contributed by atoms with Gasteiger partial charge in [0.2, 0.25) is 5.91 Å². The van der Waals surface area contributed by atoms with E-state index in [0.717, 1.165) is 6.07 Å². The Morgan fingerprint density at radius 2 is 1.65 bits per heavy atom. The molecule has 1 heterocycles. The maximum Gasteiger partial charge on any atom is 0.319 e. The highest BCUT2D eigenvalue weighted by Crippen LogP contribution is 2.23. The third-order valence-corrected chi connectivity index (χ3v) is 4.80. The number of ether oxygens (including phenoxy) is 1. The summed E-state index contributed by atoms with van der Waals surface area (Å²) in [5.74, 6) is -1.30. The number of hydrogen-bond acceptors (Lipinski definition) is 5. The fourth-order valence-electron chi connectivity index (χ4n) is 3.16. The molecule has 10 heteroatoms. The summed E-state index contributed by atoms with van der Waals surface area (Å²) in [6.45, 7) is 0.0444. The Bertz CT molecular complexity index is 912. The third-order valence-electron chi connectivity index (χ3n) is 4.80. The van der Waals surface area contributed by atoms with Crippen molar-refractivity contribution in [3.63, 3.8) is 0 Å². The predicted octanol–water partition coefficient (Wildman–Crippen LogP) is 1.28. The van der Waals surface area contributed by atoms with Crippen LogP contribution in [0.4, 0.5) is 19.3 Å². The van der Waals surface area contributed by atoms with E-state index in [2.05, 4.69) is 16.0 Å². The van der Waals surface area contributed by atoms with Crippen molar-refractivity contribution in [2.45, 2.75) is 37.4 Å². The number of hydrogen-bond donors (Lipinski definition) is 5. The van der Waals surface area contributed by atoms with Crippen molar-refractivity contribution in [2.75, 3.05) is 11.9 Å². The standard InChI is InChI=1S/C21H23F2N3O5/c22-13-6-4-12(5-7-13)10-24-18(27)9-16-19(28)20(29)17(31-16)11-25-21(30)26-15-3-1-2-14(23)8-15/h1-8,16-17,19-20,28-29H,9-11H2,(H,24,27)(H2,25,26,30). The number of aliphatic hydroxyl groups is 2. The number of halogens is 2. The first kappa shape index (κ1) is 22.6. The summed E-state index contributed by atoms with van der Waals surface area (Å²) in [4.78, 5) is 24.1. The third kappa shape index (κ3) is 6.45. The Morgan fingerprint density at radius 1 is 0.935 bits per heavy atom. The van der Waals surface area contributed by atoms with Gasteiger partial charge in [-0.3, -0.25) is 4.79 Å². The zero-order chi connectivity index (χ0) is 22.4. The van der Waals surface area contributed by atoms with E-state index in [-0.39, 0.29) is 31.0 Å². The quantitative estimate of drug-likeness (QED) is 0.449. The molecule has 3 rings (SSSR count). The van der Waals surface area contributed by atoms with Crippen LogP contribution in [0.5, 0.6) is 0 Å². The molecule has 1 aliphatic rings. The summed E-state index contributed by atoms with van der Waals surface area (Å²) in [6, 6.07) is 10.3. The molecule has 0 spiro atoms. The molecular formula is C21H23F2N3O5. The van der Waals surface area contributed by atoms with E-state index in [4.69, 9.17) is 4.74 Å². The van der Waals surface area contributed by atoms with E-state index >= 15 is 0 Å². The van der Waals surface area contributed by atoms with Gasteiger partial charge in [-0.15, -0.1) is 0 Å². The van der Waals surface area contributed by atoms with Crippen LogP contribution in [-0.4, -0.2) is 53.1 Å². The zero-order valence-corrected chi connectivity index (χ0v) is 16.4. The largest absolute Gasteiger partial charge is 0.388 e. The van der Waals surface area contributed by atoms with Crippen LogP contribution in [-0.2, 0) is 16.1 Å². The smallest absolute Gasteiger partial charge is 0.319 e. The van der Waals surface area contributed by atoms with Crippen LogP contribution in [0.15, 0.2) is 48.5 Å². The molecule has 5 N–H and O–H groups in total. The Hall–Kier alpha value is -3.08. The molecule has 0 aromatic heterocycles. The van der Waals surface area contributed by atoms with Gasteiger partial charge in [-0.1, -0.05) is 18.2 Å². The summed E-state index contributed by atoms with van der Waals surface area (Å²) >= 11 is 0. The Morgan fingerprint density at radius 3 is 2.35 bits per heavy atom. The molecule has 0 bridgehead atoms. The number of anilines is 1. The summed E-state index contributed by atoms with van der Waals surface area (Å²) in [5, 5.41) is 27.8. The fraction of sp³-hybridized carbons (Fsp3) is 0.333. The average molecular weight is 435 g/mol. The van der Waals surface area contributed by atoms with Gasteiger partial charge >= 0.3 is 6.03 Å². The highest BCUT2D eigenvalue weighted by Gasteiger charge is 2.43. The van der Waals surface area contributed by atoms with Crippen molar-refractivity contribution in [2.24, 2.45) is 0 Å².